The lowest BCUT2D eigenvalue weighted by Gasteiger charge is -2.32. The highest BCUT2D eigenvalue weighted by molar-refractivity contribution is 6.11. The third kappa shape index (κ3) is 2.51. The van der Waals surface area contributed by atoms with Crippen LogP contribution in [-0.4, -0.2) is 33.3 Å². The number of anilines is 1. The minimum Gasteiger partial charge on any atom is -0.478 e. The van der Waals surface area contributed by atoms with Crippen molar-refractivity contribution in [3.8, 4) is 0 Å². The Morgan fingerprint density at radius 1 is 1.29 bits per heavy atom. The van der Waals surface area contributed by atoms with E-state index in [9.17, 15) is 22.8 Å². The molecule has 2 aromatic rings. The first-order chi connectivity index (χ1) is 11.2. The number of hydrogen-bond donors (Lipinski definition) is 1. The summed E-state index contributed by atoms with van der Waals surface area (Å²) >= 11 is 0. The third-order valence-electron chi connectivity index (χ3n) is 3.84. The van der Waals surface area contributed by atoms with Crippen molar-refractivity contribution < 1.29 is 27.9 Å². The highest BCUT2D eigenvalue weighted by Crippen LogP contribution is 2.32. The van der Waals surface area contributed by atoms with Crippen LogP contribution in [-0.2, 0) is 6.18 Å². The number of rotatable bonds is 2. The van der Waals surface area contributed by atoms with E-state index in [1.165, 1.54) is 21.7 Å². The van der Waals surface area contributed by atoms with Gasteiger partial charge in [0.05, 0.1) is 17.8 Å². The largest absolute Gasteiger partial charge is 0.478 e. The van der Waals surface area contributed by atoms with Crippen molar-refractivity contribution in [3.63, 3.8) is 0 Å². The zero-order valence-electron chi connectivity index (χ0n) is 12.4. The van der Waals surface area contributed by atoms with Crippen molar-refractivity contribution >= 4 is 17.6 Å². The van der Waals surface area contributed by atoms with E-state index < -0.39 is 23.6 Å². The molecule has 24 heavy (non-hydrogen) atoms. The molecular formula is C15H12F3N3O3. The van der Waals surface area contributed by atoms with Gasteiger partial charge in [0.1, 0.15) is 11.3 Å². The highest BCUT2D eigenvalue weighted by atomic mass is 19.4. The van der Waals surface area contributed by atoms with Crippen molar-refractivity contribution in [1.82, 2.24) is 9.78 Å². The number of nitrogens with zero attached hydrogens (tertiary/aromatic N) is 3. The molecule has 0 spiro atoms. The summed E-state index contributed by atoms with van der Waals surface area (Å²) in [6, 6.07) is 3.85. The van der Waals surface area contributed by atoms with E-state index in [2.05, 4.69) is 5.10 Å². The Kier molecular flexibility index (Phi) is 3.58. The summed E-state index contributed by atoms with van der Waals surface area (Å²) in [5.74, 6) is -1.89. The number of carboxylic acid groups (broad SMARTS) is 1. The summed E-state index contributed by atoms with van der Waals surface area (Å²) in [5.41, 5.74) is -0.867. The Balaban J connectivity index is 2.00. The molecule has 9 heteroatoms. The van der Waals surface area contributed by atoms with Gasteiger partial charge in [0, 0.05) is 12.2 Å². The minimum absolute atomic E-state index is 0.0823. The number of aromatic carboxylic acids is 1. The molecular weight excluding hydrogens is 327 g/mol. The number of carbonyl (C=O) groups excluding carboxylic acids is 1. The van der Waals surface area contributed by atoms with Crippen LogP contribution in [0, 0.1) is 0 Å². The van der Waals surface area contributed by atoms with Gasteiger partial charge in [-0.1, -0.05) is 0 Å². The number of amides is 1. The number of alkyl halides is 3. The maximum Gasteiger partial charge on any atom is 0.416 e. The summed E-state index contributed by atoms with van der Waals surface area (Å²) < 4.78 is 39.2. The van der Waals surface area contributed by atoms with Crippen molar-refractivity contribution in [1.29, 1.82) is 0 Å². The van der Waals surface area contributed by atoms with E-state index in [-0.39, 0.29) is 29.5 Å². The van der Waals surface area contributed by atoms with Crippen molar-refractivity contribution in [2.45, 2.75) is 19.1 Å². The molecule has 1 aromatic carbocycles. The van der Waals surface area contributed by atoms with Gasteiger partial charge in [0.2, 0.25) is 0 Å². The molecule has 2 heterocycles. The van der Waals surface area contributed by atoms with E-state index in [1.54, 1.807) is 6.92 Å². The van der Waals surface area contributed by atoms with Gasteiger partial charge in [-0.2, -0.15) is 18.3 Å². The zero-order valence-corrected chi connectivity index (χ0v) is 12.4. The average Bonchev–Trinajstić information content (AvgIpc) is 2.96. The molecule has 0 aliphatic carbocycles. The van der Waals surface area contributed by atoms with Gasteiger partial charge >= 0.3 is 12.1 Å². The van der Waals surface area contributed by atoms with Gasteiger partial charge in [0.15, 0.2) is 0 Å². The molecule has 1 aliphatic rings. The lowest BCUT2D eigenvalue weighted by molar-refractivity contribution is -0.137. The molecule has 3 rings (SSSR count). The van der Waals surface area contributed by atoms with Crippen molar-refractivity contribution in [2.75, 3.05) is 11.4 Å². The number of aromatic nitrogens is 2. The van der Waals surface area contributed by atoms with Gasteiger partial charge in [-0.3, -0.25) is 9.48 Å². The second kappa shape index (κ2) is 5.36. The lowest BCUT2D eigenvalue weighted by atomic mass is 10.1. The maximum absolute atomic E-state index is 12.6. The molecule has 1 N–H and O–H groups in total. The average molecular weight is 339 g/mol. The van der Waals surface area contributed by atoms with Crippen LogP contribution in [0.25, 0.3) is 0 Å². The molecule has 1 aliphatic heterocycles. The Hall–Kier alpha value is -2.84. The number of fused-ring (bicyclic) bond motifs is 1. The maximum atomic E-state index is 12.6. The first-order valence-electron chi connectivity index (χ1n) is 7.00. The van der Waals surface area contributed by atoms with Gasteiger partial charge in [-0.15, -0.1) is 0 Å². The third-order valence-corrected chi connectivity index (χ3v) is 3.84. The van der Waals surface area contributed by atoms with Crippen LogP contribution in [0.3, 0.4) is 0 Å². The van der Waals surface area contributed by atoms with Crippen LogP contribution in [0.15, 0.2) is 30.5 Å². The van der Waals surface area contributed by atoms with Gasteiger partial charge in [0.25, 0.3) is 5.91 Å². The monoisotopic (exact) mass is 339 g/mol. The highest BCUT2D eigenvalue weighted by Gasteiger charge is 2.36. The summed E-state index contributed by atoms with van der Waals surface area (Å²) in [5, 5.41) is 13.1. The van der Waals surface area contributed by atoms with Crippen LogP contribution in [0.2, 0.25) is 0 Å². The van der Waals surface area contributed by atoms with Gasteiger partial charge in [-0.25, -0.2) is 4.79 Å². The minimum atomic E-state index is -4.47. The Bertz CT molecular complexity index is 812. The van der Waals surface area contributed by atoms with Crippen LogP contribution in [0.4, 0.5) is 18.9 Å². The van der Waals surface area contributed by atoms with Gasteiger partial charge < -0.3 is 10.0 Å². The predicted molar refractivity (Wildman–Crippen MR) is 77.0 cm³/mol. The number of carbonyl (C=O) groups is 2. The first kappa shape index (κ1) is 16.0. The Morgan fingerprint density at radius 2 is 1.92 bits per heavy atom. The molecule has 0 saturated carbocycles. The predicted octanol–water partition coefficient (Wildman–Crippen LogP) is 2.82. The number of hydrogen-bond acceptors (Lipinski definition) is 3. The smallest absolute Gasteiger partial charge is 0.416 e. The number of benzene rings is 1. The van der Waals surface area contributed by atoms with E-state index in [0.29, 0.717) is 0 Å². The van der Waals surface area contributed by atoms with Crippen LogP contribution >= 0.6 is 0 Å². The molecule has 1 unspecified atom stereocenters. The van der Waals surface area contributed by atoms with Crippen molar-refractivity contribution in [2.24, 2.45) is 0 Å². The van der Waals surface area contributed by atoms with Crippen LogP contribution < -0.4 is 4.90 Å². The van der Waals surface area contributed by atoms with E-state index in [0.717, 1.165) is 18.3 Å². The molecule has 0 saturated heterocycles. The summed E-state index contributed by atoms with van der Waals surface area (Å²) in [7, 11) is 0. The molecule has 1 aromatic heterocycles. The fourth-order valence-electron chi connectivity index (χ4n) is 2.67. The van der Waals surface area contributed by atoms with E-state index in [1.807, 2.05) is 0 Å². The van der Waals surface area contributed by atoms with Gasteiger partial charge in [-0.05, 0) is 31.2 Å². The second-order valence-electron chi connectivity index (χ2n) is 5.47. The fraction of sp³-hybridized carbons (Fsp3) is 0.267. The molecule has 0 bridgehead atoms. The fourth-order valence-corrected chi connectivity index (χ4v) is 2.67. The summed E-state index contributed by atoms with van der Waals surface area (Å²) in [4.78, 5) is 25.1. The van der Waals surface area contributed by atoms with Crippen LogP contribution in [0.1, 0.15) is 39.4 Å². The molecule has 0 fully saturated rings. The quantitative estimate of drug-likeness (QED) is 0.913. The number of halogens is 3. The second-order valence-corrected chi connectivity index (χ2v) is 5.47. The Morgan fingerprint density at radius 3 is 2.46 bits per heavy atom. The van der Waals surface area contributed by atoms with E-state index in [4.69, 9.17) is 5.11 Å². The number of carboxylic acids is 1. The summed E-state index contributed by atoms with van der Waals surface area (Å²) in [6.45, 7) is 1.92. The first-order valence-corrected chi connectivity index (χ1v) is 7.00. The van der Waals surface area contributed by atoms with Crippen LogP contribution in [0.5, 0.6) is 0 Å². The molecule has 1 atom stereocenters. The molecule has 1 amide bonds. The standard InChI is InChI=1S/C15H12F3N3O3/c1-8-7-20(10-4-2-9(3-5-10)15(16,17)18)13(22)12-11(14(23)24)6-19-21(8)12/h2-6,8H,7H2,1H3,(H,23,24). The van der Waals surface area contributed by atoms with E-state index >= 15 is 0 Å². The molecule has 0 radical (unpaired) electrons. The normalized spacial score (nSPS) is 17.8. The molecule has 6 nitrogen and oxygen atoms in total. The SMILES string of the molecule is CC1CN(c2ccc(C(F)(F)F)cc2)C(=O)c2c(C(=O)O)cnn21. The Labute approximate surface area is 134 Å². The summed E-state index contributed by atoms with van der Waals surface area (Å²) in [6.07, 6.45) is -3.37. The van der Waals surface area contributed by atoms with Crippen molar-refractivity contribution in [3.05, 3.63) is 47.3 Å². The zero-order chi connectivity index (χ0) is 17.6. The topological polar surface area (TPSA) is 75.4 Å². The lowest BCUT2D eigenvalue weighted by Crippen LogP contribution is -2.43. The molecule has 126 valence electrons.